The first kappa shape index (κ1) is 11.7. The van der Waals surface area contributed by atoms with E-state index in [0.717, 1.165) is 5.56 Å². The van der Waals surface area contributed by atoms with Crippen LogP contribution in [0.25, 0.3) is 0 Å². The summed E-state index contributed by atoms with van der Waals surface area (Å²) in [7, 11) is 0. The van der Waals surface area contributed by atoms with Gasteiger partial charge in [0.1, 0.15) is 0 Å². The van der Waals surface area contributed by atoms with Gasteiger partial charge in [0.25, 0.3) is 0 Å². The second-order valence-electron chi connectivity index (χ2n) is 3.34. The monoisotopic (exact) mass is 208 g/mol. The number of carbonyl (C=O) groups is 1. The minimum atomic E-state index is -0.610. The van der Waals surface area contributed by atoms with Crippen molar-refractivity contribution < 1.29 is 9.53 Å². The second kappa shape index (κ2) is 6.16. The van der Waals surface area contributed by atoms with Crippen molar-refractivity contribution in [1.82, 2.24) is 0 Å². The Kier molecular flexibility index (Phi) is 4.80. The third-order valence-electron chi connectivity index (χ3n) is 2.05. The van der Waals surface area contributed by atoms with Crippen LogP contribution in [0, 0.1) is 0 Å². The Balaban J connectivity index is 2.15. The van der Waals surface area contributed by atoms with Crippen molar-refractivity contribution in [3.63, 3.8) is 0 Å². The molecule has 4 N–H and O–H groups in total. The zero-order chi connectivity index (χ0) is 11.1. The number of hydrogen-bond acceptors (Lipinski definition) is 3. The number of amides is 1. The Hall–Kier alpha value is -1.39. The number of benzene rings is 1. The van der Waals surface area contributed by atoms with Crippen LogP contribution in [0.4, 0.5) is 0 Å². The molecule has 4 nitrogen and oxygen atoms in total. The number of ether oxygens (including phenoxy) is 1. The summed E-state index contributed by atoms with van der Waals surface area (Å²) < 4.78 is 5.35. The zero-order valence-corrected chi connectivity index (χ0v) is 8.56. The van der Waals surface area contributed by atoms with Crippen LogP contribution >= 0.6 is 0 Å². The molecule has 1 atom stereocenters. The SMILES string of the molecule is NC(=O)[C@@H](N)CCOCc1ccccc1. The van der Waals surface area contributed by atoms with E-state index in [1.165, 1.54) is 0 Å². The van der Waals surface area contributed by atoms with E-state index in [1.54, 1.807) is 0 Å². The van der Waals surface area contributed by atoms with Gasteiger partial charge in [0.15, 0.2) is 0 Å². The predicted molar refractivity (Wildman–Crippen MR) is 57.9 cm³/mol. The standard InChI is InChI=1S/C11H16N2O2/c12-10(11(13)14)6-7-15-8-9-4-2-1-3-5-9/h1-5,10H,6-8,12H2,(H2,13,14)/t10-/m0/s1. The zero-order valence-electron chi connectivity index (χ0n) is 8.56. The molecule has 1 aromatic rings. The Morgan fingerprint density at radius 1 is 1.33 bits per heavy atom. The molecule has 0 fully saturated rings. The topological polar surface area (TPSA) is 78.3 Å². The molecule has 15 heavy (non-hydrogen) atoms. The molecular weight excluding hydrogens is 192 g/mol. The first-order valence-corrected chi connectivity index (χ1v) is 4.86. The van der Waals surface area contributed by atoms with E-state index in [-0.39, 0.29) is 0 Å². The first-order chi connectivity index (χ1) is 7.20. The van der Waals surface area contributed by atoms with E-state index in [1.807, 2.05) is 30.3 Å². The molecule has 0 bridgehead atoms. The fourth-order valence-electron chi connectivity index (χ4n) is 1.12. The molecule has 0 aliphatic heterocycles. The van der Waals surface area contributed by atoms with Crippen molar-refractivity contribution >= 4 is 5.91 Å². The fraction of sp³-hybridized carbons (Fsp3) is 0.364. The summed E-state index contributed by atoms with van der Waals surface area (Å²) in [5.41, 5.74) is 11.6. The lowest BCUT2D eigenvalue weighted by molar-refractivity contribution is -0.119. The van der Waals surface area contributed by atoms with Gasteiger partial charge in [0.2, 0.25) is 5.91 Å². The van der Waals surface area contributed by atoms with Gasteiger partial charge in [-0.25, -0.2) is 0 Å². The van der Waals surface area contributed by atoms with Crippen LogP contribution in [0.2, 0.25) is 0 Å². The number of rotatable bonds is 6. The van der Waals surface area contributed by atoms with Crippen molar-refractivity contribution in [2.24, 2.45) is 11.5 Å². The second-order valence-corrected chi connectivity index (χ2v) is 3.34. The number of primary amides is 1. The highest BCUT2D eigenvalue weighted by molar-refractivity contribution is 5.79. The van der Waals surface area contributed by atoms with Gasteiger partial charge in [-0.3, -0.25) is 4.79 Å². The van der Waals surface area contributed by atoms with E-state index in [0.29, 0.717) is 19.6 Å². The van der Waals surface area contributed by atoms with Crippen LogP contribution in [-0.2, 0) is 16.1 Å². The highest BCUT2D eigenvalue weighted by atomic mass is 16.5. The lowest BCUT2D eigenvalue weighted by Gasteiger charge is -2.07. The van der Waals surface area contributed by atoms with Crippen molar-refractivity contribution in [2.75, 3.05) is 6.61 Å². The van der Waals surface area contributed by atoms with Crippen LogP contribution in [0.1, 0.15) is 12.0 Å². The number of hydrogen-bond donors (Lipinski definition) is 2. The summed E-state index contributed by atoms with van der Waals surface area (Å²) >= 11 is 0. The summed E-state index contributed by atoms with van der Waals surface area (Å²) in [6.45, 7) is 0.978. The van der Waals surface area contributed by atoms with E-state index in [4.69, 9.17) is 16.2 Å². The molecule has 0 aromatic heterocycles. The van der Waals surface area contributed by atoms with Gasteiger partial charge in [0.05, 0.1) is 12.6 Å². The van der Waals surface area contributed by atoms with Crippen LogP contribution < -0.4 is 11.5 Å². The van der Waals surface area contributed by atoms with E-state index in [9.17, 15) is 4.79 Å². The molecule has 1 rings (SSSR count). The van der Waals surface area contributed by atoms with Crippen LogP contribution in [0.5, 0.6) is 0 Å². The summed E-state index contributed by atoms with van der Waals surface area (Å²) in [5, 5.41) is 0. The quantitative estimate of drug-likeness (QED) is 0.664. The van der Waals surface area contributed by atoms with Gasteiger partial charge in [-0.1, -0.05) is 30.3 Å². The average Bonchev–Trinajstić information content (AvgIpc) is 2.25. The molecule has 0 spiro atoms. The van der Waals surface area contributed by atoms with Crippen LogP contribution in [-0.4, -0.2) is 18.6 Å². The maximum absolute atomic E-state index is 10.6. The Bertz CT molecular complexity index is 301. The number of nitrogens with two attached hydrogens (primary N) is 2. The molecule has 1 aromatic carbocycles. The van der Waals surface area contributed by atoms with Gasteiger partial charge >= 0.3 is 0 Å². The van der Waals surface area contributed by atoms with Gasteiger partial charge < -0.3 is 16.2 Å². The highest BCUT2D eigenvalue weighted by Gasteiger charge is 2.07. The Morgan fingerprint density at radius 3 is 2.60 bits per heavy atom. The van der Waals surface area contributed by atoms with Crippen molar-refractivity contribution in [3.05, 3.63) is 35.9 Å². The summed E-state index contributed by atoms with van der Waals surface area (Å²) in [4.78, 5) is 10.6. The van der Waals surface area contributed by atoms with Gasteiger partial charge in [0, 0.05) is 6.61 Å². The minimum Gasteiger partial charge on any atom is -0.377 e. The summed E-state index contributed by atoms with van der Waals surface area (Å²) in [6.07, 6.45) is 0.460. The van der Waals surface area contributed by atoms with Gasteiger partial charge in [-0.2, -0.15) is 0 Å². The maximum Gasteiger partial charge on any atom is 0.234 e. The third kappa shape index (κ3) is 4.58. The Morgan fingerprint density at radius 2 is 2.00 bits per heavy atom. The van der Waals surface area contributed by atoms with Crippen LogP contribution in [0.3, 0.4) is 0 Å². The average molecular weight is 208 g/mol. The first-order valence-electron chi connectivity index (χ1n) is 4.86. The molecule has 1 amide bonds. The van der Waals surface area contributed by atoms with Crippen molar-refractivity contribution in [2.45, 2.75) is 19.1 Å². The fourth-order valence-corrected chi connectivity index (χ4v) is 1.12. The maximum atomic E-state index is 10.6. The molecule has 0 unspecified atom stereocenters. The van der Waals surface area contributed by atoms with Crippen molar-refractivity contribution in [1.29, 1.82) is 0 Å². The van der Waals surface area contributed by atoms with E-state index >= 15 is 0 Å². The normalized spacial score (nSPS) is 12.3. The lowest BCUT2D eigenvalue weighted by Crippen LogP contribution is -2.37. The third-order valence-corrected chi connectivity index (χ3v) is 2.05. The predicted octanol–water partition coefficient (Wildman–Crippen LogP) is 0.406. The molecule has 0 saturated carbocycles. The minimum absolute atomic E-state index is 0.443. The molecule has 4 heteroatoms. The molecular formula is C11H16N2O2. The molecule has 0 radical (unpaired) electrons. The summed E-state index contributed by atoms with van der Waals surface area (Å²) in [6, 6.07) is 9.21. The molecule has 0 heterocycles. The smallest absolute Gasteiger partial charge is 0.234 e. The van der Waals surface area contributed by atoms with Crippen LogP contribution in [0.15, 0.2) is 30.3 Å². The largest absolute Gasteiger partial charge is 0.377 e. The molecule has 0 aliphatic rings. The van der Waals surface area contributed by atoms with Crippen molar-refractivity contribution in [3.8, 4) is 0 Å². The molecule has 0 aliphatic carbocycles. The molecule has 0 saturated heterocycles. The lowest BCUT2D eigenvalue weighted by atomic mass is 10.2. The summed E-state index contributed by atoms with van der Waals surface area (Å²) in [5.74, 6) is -0.488. The highest BCUT2D eigenvalue weighted by Crippen LogP contribution is 2.01. The number of carbonyl (C=O) groups excluding carboxylic acids is 1. The molecule has 82 valence electrons. The Labute approximate surface area is 89.2 Å². The van der Waals surface area contributed by atoms with E-state index < -0.39 is 11.9 Å². The van der Waals surface area contributed by atoms with E-state index in [2.05, 4.69) is 0 Å². The van der Waals surface area contributed by atoms with Gasteiger partial charge in [-0.05, 0) is 12.0 Å². The van der Waals surface area contributed by atoms with Gasteiger partial charge in [-0.15, -0.1) is 0 Å².